The number of aromatic hydroxyl groups is 1. The van der Waals surface area contributed by atoms with E-state index in [-0.39, 0.29) is 41.4 Å². The van der Waals surface area contributed by atoms with Crippen LogP contribution in [-0.2, 0) is 14.2 Å². The summed E-state index contributed by atoms with van der Waals surface area (Å²) in [6.45, 7) is 8.94. The topological polar surface area (TPSA) is 87.1 Å². The van der Waals surface area contributed by atoms with E-state index in [1.807, 2.05) is 37.3 Å². The lowest BCUT2D eigenvalue weighted by molar-refractivity contribution is -0.140. The van der Waals surface area contributed by atoms with E-state index < -0.39 is 13.0 Å². The average molecular weight is 544 g/mol. The number of phenolic OH excluding ortho intramolecular Hbond substituents is 1. The summed E-state index contributed by atoms with van der Waals surface area (Å²) in [4.78, 5) is 28.3. The number of likely N-dealkylation sites (tertiary alicyclic amines) is 1. The molecule has 0 bridgehead atoms. The standard InChI is InChI=1S/C33H42BNO5/c1-5-9-21(17-22-13-14-28(36)24-11-8-7-10-23(22)24)12-15-29-30-25(20(3)4)18-26-31(27(30)19-34(39)40-29)33(38)35(16-6-2)32(26)37/h7-8,10-11,13-14,17,20,26-27,29,31,36,39H,5-6,9,12,15-16,18-19H2,1-4H3/b21-17+/t26-,27+,29-,31-/m1/s1. The Bertz CT molecular complexity index is 1350. The molecule has 5 rings (SSSR count). The van der Waals surface area contributed by atoms with E-state index in [2.05, 4.69) is 26.8 Å². The Morgan fingerprint density at radius 3 is 2.50 bits per heavy atom. The van der Waals surface area contributed by atoms with Gasteiger partial charge >= 0.3 is 7.12 Å². The fourth-order valence-corrected chi connectivity index (χ4v) is 7.32. The normalized spacial score (nSPS) is 25.3. The van der Waals surface area contributed by atoms with Gasteiger partial charge in [0.1, 0.15) is 5.75 Å². The van der Waals surface area contributed by atoms with Gasteiger partial charge in [-0.1, -0.05) is 81.7 Å². The van der Waals surface area contributed by atoms with Crippen LogP contribution in [0.1, 0.15) is 71.8 Å². The van der Waals surface area contributed by atoms with E-state index in [1.54, 1.807) is 6.07 Å². The molecule has 0 saturated carbocycles. The molecule has 0 unspecified atom stereocenters. The number of amides is 2. The van der Waals surface area contributed by atoms with E-state index in [9.17, 15) is 19.7 Å². The van der Waals surface area contributed by atoms with Crippen LogP contribution in [-0.4, -0.2) is 46.6 Å². The van der Waals surface area contributed by atoms with Gasteiger partial charge in [-0.3, -0.25) is 14.5 Å². The number of hydrogen-bond donors (Lipinski definition) is 2. The van der Waals surface area contributed by atoms with Gasteiger partial charge < -0.3 is 14.8 Å². The lowest BCUT2D eigenvalue weighted by atomic mass is 9.57. The van der Waals surface area contributed by atoms with Crippen molar-refractivity contribution in [2.75, 3.05) is 6.54 Å². The van der Waals surface area contributed by atoms with Crippen molar-refractivity contribution in [2.24, 2.45) is 23.7 Å². The third-order valence-electron chi connectivity index (χ3n) is 9.07. The van der Waals surface area contributed by atoms with Crippen LogP contribution in [0.4, 0.5) is 0 Å². The number of nitrogens with zero attached hydrogens (tertiary/aromatic N) is 1. The highest BCUT2D eigenvalue weighted by molar-refractivity contribution is 6.43. The van der Waals surface area contributed by atoms with Crippen molar-refractivity contribution < 1.29 is 24.4 Å². The van der Waals surface area contributed by atoms with E-state index in [4.69, 9.17) is 4.65 Å². The van der Waals surface area contributed by atoms with Gasteiger partial charge in [0.15, 0.2) is 0 Å². The first kappa shape index (κ1) is 28.6. The SMILES string of the molecule is CCC/C(=C\c1ccc(O)c2ccccc12)CC[C@H]1OB(O)C[C@H]2C1=C(C(C)C)C[C@H]1C(=O)N(CCC)C(=O)[C@H]12. The zero-order valence-electron chi connectivity index (χ0n) is 24.2. The molecule has 212 valence electrons. The van der Waals surface area contributed by atoms with E-state index in [0.29, 0.717) is 25.7 Å². The van der Waals surface area contributed by atoms with Crippen LogP contribution in [0.2, 0.25) is 6.32 Å². The number of benzene rings is 2. The van der Waals surface area contributed by atoms with Gasteiger partial charge in [0, 0.05) is 11.9 Å². The smallest absolute Gasteiger partial charge is 0.455 e. The van der Waals surface area contributed by atoms with Crippen molar-refractivity contribution in [1.29, 1.82) is 0 Å². The average Bonchev–Trinajstić information content (AvgIpc) is 3.17. The quantitative estimate of drug-likeness (QED) is 0.218. The Labute approximate surface area is 238 Å². The first-order valence-corrected chi connectivity index (χ1v) is 15.1. The first-order valence-electron chi connectivity index (χ1n) is 15.1. The fourth-order valence-electron chi connectivity index (χ4n) is 7.32. The van der Waals surface area contributed by atoms with Gasteiger partial charge in [0.2, 0.25) is 11.8 Å². The van der Waals surface area contributed by atoms with E-state index >= 15 is 0 Å². The maximum absolute atomic E-state index is 13.5. The van der Waals surface area contributed by atoms with Gasteiger partial charge in [-0.25, -0.2) is 0 Å². The number of rotatable bonds is 9. The minimum atomic E-state index is -0.950. The number of hydrogen-bond acceptors (Lipinski definition) is 5. The Balaban J connectivity index is 1.46. The second kappa shape index (κ2) is 11.9. The van der Waals surface area contributed by atoms with Crippen LogP contribution in [0, 0.1) is 23.7 Å². The minimum Gasteiger partial charge on any atom is -0.507 e. The number of carbonyl (C=O) groups is 2. The Morgan fingerprint density at radius 1 is 1.05 bits per heavy atom. The number of fused-ring (bicyclic) bond motifs is 4. The van der Waals surface area contributed by atoms with Crippen molar-refractivity contribution >= 4 is 35.8 Å². The lowest BCUT2D eigenvalue weighted by Crippen LogP contribution is -2.46. The molecule has 2 aromatic rings. The molecule has 0 spiro atoms. The number of phenols is 1. The van der Waals surface area contributed by atoms with Crippen molar-refractivity contribution in [2.45, 2.75) is 78.6 Å². The van der Waals surface area contributed by atoms with Crippen LogP contribution >= 0.6 is 0 Å². The van der Waals surface area contributed by atoms with Crippen LogP contribution in [0.5, 0.6) is 5.75 Å². The van der Waals surface area contributed by atoms with Gasteiger partial charge in [-0.2, -0.15) is 0 Å². The van der Waals surface area contributed by atoms with Gasteiger partial charge in [-0.05, 0) is 72.8 Å². The van der Waals surface area contributed by atoms with Crippen molar-refractivity contribution in [3.8, 4) is 5.75 Å². The monoisotopic (exact) mass is 543 g/mol. The molecule has 3 aliphatic rings. The molecule has 0 aromatic heterocycles. The van der Waals surface area contributed by atoms with Gasteiger partial charge in [0.25, 0.3) is 0 Å². The molecule has 40 heavy (non-hydrogen) atoms. The Hall–Kier alpha value is -2.90. The van der Waals surface area contributed by atoms with E-state index in [1.165, 1.54) is 16.0 Å². The second-order valence-corrected chi connectivity index (χ2v) is 12.0. The summed E-state index contributed by atoms with van der Waals surface area (Å²) < 4.78 is 6.21. The highest BCUT2D eigenvalue weighted by Gasteiger charge is 2.57. The van der Waals surface area contributed by atoms with Crippen LogP contribution in [0.25, 0.3) is 16.8 Å². The molecule has 2 N–H and O–H groups in total. The molecule has 2 amide bonds. The van der Waals surface area contributed by atoms with Crippen LogP contribution < -0.4 is 0 Å². The Kier molecular flexibility index (Phi) is 8.53. The summed E-state index contributed by atoms with van der Waals surface area (Å²) in [5.74, 6) is -0.482. The molecular formula is C33H42BNO5. The molecule has 6 nitrogen and oxygen atoms in total. The largest absolute Gasteiger partial charge is 0.507 e. The molecule has 4 atom stereocenters. The molecule has 1 aliphatic carbocycles. The maximum Gasteiger partial charge on any atom is 0.455 e. The van der Waals surface area contributed by atoms with Gasteiger partial charge in [-0.15, -0.1) is 0 Å². The second-order valence-electron chi connectivity index (χ2n) is 12.0. The Morgan fingerprint density at radius 2 is 1.80 bits per heavy atom. The molecule has 2 heterocycles. The summed E-state index contributed by atoms with van der Waals surface area (Å²) in [5, 5.41) is 23.0. The molecule has 0 radical (unpaired) electrons. The van der Waals surface area contributed by atoms with Crippen LogP contribution in [0.15, 0.2) is 53.1 Å². The summed E-state index contributed by atoms with van der Waals surface area (Å²) >= 11 is 0. The number of imide groups is 1. The summed E-state index contributed by atoms with van der Waals surface area (Å²) in [6, 6.07) is 11.6. The predicted octanol–water partition coefficient (Wildman–Crippen LogP) is 6.37. The predicted molar refractivity (Wildman–Crippen MR) is 159 cm³/mol. The van der Waals surface area contributed by atoms with Gasteiger partial charge in [0.05, 0.1) is 17.9 Å². The van der Waals surface area contributed by atoms with Crippen molar-refractivity contribution in [3.63, 3.8) is 0 Å². The van der Waals surface area contributed by atoms with Crippen LogP contribution in [0.3, 0.4) is 0 Å². The zero-order valence-corrected chi connectivity index (χ0v) is 24.2. The fraction of sp³-hybridized carbons (Fsp3) is 0.515. The summed E-state index contributed by atoms with van der Waals surface area (Å²) in [7, 11) is -0.950. The maximum atomic E-state index is 13.5. The zero-order chi connectivity index (χ0) is 28.6. The lowest BCUT2D eigenvalue weighted by Gasteiger charge is -2.44. The van der Waals surface area contributed by atoms with E-state index in [0.717, 1.165) is 47.6 Å². The number of carbonyl (C=O) groups excluding carboxylic acids is 2. The van der Waals surface area contributed by atoms with Crippen molar-refractivity contribution in [1.82, 2.24) is 4.90 Å². The highest BCUT2D eigenvalue weighted by atomic mass is 16.5. The molecule has 2 fully saturated rings. The third-order valence-corrected chi connectivity index (χ3v) is 9.07. The minimum absolute atomic E-state index is 0.0409. The first-order chi connectivity index (χ1) is 19.2. The van der Waals surface area contributed by atoms with Crippen molar-refractivity contribution in [3.05, 3.63) is 58.7 Å². The molecule has 7 heteroatoms. The number of allylic oxidation sites excluding steroid dienone is 2. The third kappa shape index (κ3) is 5.26. The molecule has 2 aliphatic heterocycles. The highest BCUT2D eigenvalue weighted by Crippen LogP contribution is 2.52. The summed E-state index contributed by atoms with van der Waals surface area (Å²) in [6.07, 6.45) is 7.11. The molecular weight excluding hydrogens is 501 g/mol. The molecule has 2 aromatic carbocycles. The molecule has 2 saturated heterocycles. The summed E-state index contributed by atoms with van der Waals surface area (Å²) in [5.41, 5.74) is 4.76.